The number of carbonyl (C=O) groups is 2. The number of aliphatic hydroxyl groups is 1. The molecule has 0 radical (unpaired) electrons. The van der Waals surface area contributed by atoms with Crippen molar-refractivity contribution in [1.82, 2.24) is 4.98 Å². The van der Waals surface area contributed by atoms with Gasteiger partial charge in [-0.25, -0.2) is 4.98 Å². The molecule has 1 atom stereocenters. The summed E-state index contributed by atoms with van der Waals surface area (Å²) in [6.45, 7) is 2.42. The number of Topliss-reactive ketones (excluding diaryl/α,β-unsaturated/α-hetero) is 1. The van der Waals surface area contributed by atoms with Crippen LogP contribution in [0.2, 0.25) is 0 Å². The van der Waals surface area contributed by atoms with E-state index in [1.807, 2.05) is 25.1 Å². The Balaban J connectivity index is 1.72. The molecule has 4 aromatic rings. The van der Waals surface area contributed by atoms with Crippen LogP contribution in [0.5, 0.6) is 17.2 Å². The zero-order chi connectivity index (χ0) is 26.1. The minimum atomic E-state index is -0.938. The van der Waals surface area contributed by atoms with E-state index in [4.69, 9.17) is 14.2 Å². The molecule has 8 nitrogen and oxygen atoms in total. The van der Waals surface area contributed by atoms with Crippen LogP contribution in [0.25, 0.3) is 16.0 Å². The Kier molecular flexibility index (Phi) is 6.54. The quantitative estimate of drug-likeness (QED) is 0.201. The van der Waals surface area contributed by atoms with Gasteiger partial charge in [-0.3, -0.25) is 14.5 Å². The van der Waals surface area contributed by atoms with E-state index in [9.17, 15) is 14.7 Å². The molecule has 1 saturated heterocycles. The molecule has 1 aliphatic rings. The summed E-state index contributed by atoms with van der Waals surface area (Å²) in [5.74, 6) is -0.226. The third kappa shape index (κ3) is 4.27. The molecule has 1 N–H and O–H groups in total. The van der Waals surface area contributed by atoms with Crippen LogP contribution in [0.3, 0.4) is 0 Å². The molecular formula is C28H24N2O6S. The van der Waals surface area contributed by atoms with E-state index < -0.39 is 17.7 Å². The van der Waals surface area contributed by atoms with Gasteiger partial charge < -0.3 is 19.3 Å². The normalized spacial score (nSPS) is 16.8. The van der Waals surface area contributed by atoms with Crippen molar-refractivity contribution in [2.75, 3.05) is 25.7 Å². The van der Waals surface area contributed by atoms with Crippen LogP contribution in [0.1, 0.15) is 24.1 Å². The Labute approximate surface area is 217 Å². The van der Waals surface area contributed by atoms with E-state index in [0.29, 0.717) is 45.6 Å². The summed E-state index contributed by atoms with van der Waals surface area (Å²) in [6.07, 6.45) is 0. The van der Waals surface area contributed by atoms with Gasteiger partial charge in [0.05, 0.1) is 42.7 Å². The van der Waals surface area contributed by atoms with Crippen LogP contribution >= 0.6 is 11.3 Å². The first kappa shape index (κ1) is 24.3. The molecule has 37 heavy (non-hydrogen) atoms. The van der Waals surface area contributed by atoms with Crippen molar-refractivity contribution in [3.8, 4) is 17.2 Å². The zero-order valence-electron chi connectivity index (χ0n) is 20.4. The fourth-order valence-electron chi connectivity index (χ4n) is 4.37. The van der Waals surface area contributed by atoms with Gasteiger partial charge in [0, 0.05) is 5.56 Å². The summed E-state index contributed by atoms with van der Waals surface area (Å²) in [5.41, 5.74) is 1.62. The van der Waals surface area contributed by atoms with Crippen molar-refractivity contribution in [2.24, 2.45) is 0 Å². The van der Waals surface area contributed by atoms with Gasteiger partial charge >= 0.3 is 5.91 Å². The third-order valence-electron chi connectivity index (χ3n) is 6.08. The maximum absolute atomic E-state index is 13.5. The van der Waals surface area contributed by atoms with Crippen LogP contribution < -0.4 is 19.1 Å². The second-order valence-electron chi connectivity index (χ2n) is 8.21. The van der Waals surface area contributed by atoms with Gasteiger partial charge in [-0.2, -0.15) is 0 Å². The highest BCUT2D eigenvalue weighted by molar-refractivity contribution is 7.22. The number of ether oxygens (including phenoxy) is 3. The molecule has 5 rings (SSSR count). The number of amides is 1. The molecule has 2 heterocycles. The van der Waals surface area contributed by atoms with E-state index in [-0.39, 0.29) is 11.3 Å². The van der Waals surface area contributed by atoms with Gasteiger partial charge in [-0.1, -0.05) is 47.7 Å². The highest BCUT2D eigenvalue weighted by Gasteiger charge is 2.48. The second kappa shape index (κ2) is 9.94. The van der Waals surface area contributed by atoms with Crippen LogP contribution in [0, 0.1) is 0 Å². The van der Waals surface area contributed by atoms with Gasteiger partial charge in [0.2, 0.25) is 0 Å². The maximum Gasteiger partial charge on any atom is 0.301 e. The van der Waals surface area contributed by atoms with Gasteiger partial charge in [0.15, 0.2) is 16.6 Å². The highest BCUT2D eigenvalue weighted by atomic mass is 32.1. The largest absolute Gasteiger partial charge is 0.507 e. The Morgan fingerprint density at radius 1 is 1.00 bits per heavy atom. The van der Waals surface area contributed by atoms with E-state index in [2.05, 4.69) is 4.98 Å². The first-order valence-corrected chi connectivity index (χ1v) is 12.4. The number of methoxy groups -OCH3 is 2. The lowest BCUT2D eigenvalue weighted by atomic mass is 9.95. The summed E-state index contributed by atoms with van der Waals surface area (Å²) in [7, 11) is 3.03. The number of carbonyl (C=O) groups excluding carboxylic acids is 2. The van der Waals surface area contributed by atoms with E-state index in [0.717, 1.165) is 4.70 Å². The molecule has 0 saturated carbocycles. The molecule has 1 aromatic heterocycles. The van der Waals surface area contributed by atoms with Gasteiger partial charge in [-0.05, 0) is 42.8 Å². The van der Waals surface area contributed by atoms with E-state index in [1.165, 1.54) is 30.5 Å². The molecule has 1 aliphatic heterocycles. The number of fused-ring (bicyclic) bond motifs is 1. The fraction of sp³-hybridized carbons (Fsp3) is 0.179. The maximum atomic E-state index is 13.5. The monoisotopic (exact) mass is 516 g/mol. The Bertz CT molecular complexity index is 1530. The van der Waals surface area contributed by atoms with Gasteiger partial charge in [0.25, 0.3) is 5.78 Å². The molecule has 9 heteroatoms. The van der Waals surface area contributed by atoms with E-state index in [1.54, 1.807) is 48.5 Å². The molecular weight excluding hydrogens is 492 g/mol. The van der Waals surface area contributed by atoms with Gasteiger partial charge in [-0.15, -0.1) is 0 Å². The van der Waals surface area contributed by atoms with Crippen LogP contribution in [-0.2, 0) is 9.59 Å². The number of hydrogen-bond acceptors (Lipinski definition) is 8. The summed E-state index contributed by atoms with van der Waals surface area (Å²) < 4.78 is 17.2. The number of aromatic nitrogens is 1. The number of rotatable bonds is 7. The van der Waals surface area contributed by atoms with Crippen LogP contribution in [0.4, 0.5) is 5.13 Å². The summed E-state index contributed by atoms with van der Waals surface area (Å²) >= 11 is 1.27. The fourth-order valence-corrected chi connectivity index (χ4v) is 5.39. The summed E-state index contributed by atoms with van der Waals surface area (Å²) in [5, 5.41) is 11.6. The first-order valence-electron chi connectivity index (χ1n) is 11.6. The molecule has 1 fully saturated rings. The Hall–Kier alpha value is -4.37. The first-order chi connectivity index (χ1) is 18.0. The molecule has 1 unspecified atom stereocenters. The van der Waals surface area contributed by atoms with Crippen molar-refractivity contribution >= 4 is 44.1 Å². The van der Waals surface area contributed by atoms with Crippen LogP contribution in [-0.4, -0.2) is 42.6 Å². The highest BCUT2D eigenvalue weighted by Crippen LogP contribution is 2.46. The molecule has 0 aliphatic carbocycles. The lowest BCUT2D eigenvalue weighted by Gasteiger charge is -2.23. The average molecular weight is 517 g/mol. The SMILES string of the molecule is CCOc1ccc2nc(N3C(=O)C(=O)/C(=C(/O)c4ccccc4)C3c3ccc(OC)c(OC)c3)sc2c1. The number of hydrogen-bond donors (Lipinski definition) is 1. The van der Waals surface area contributed by atoms with Gasteiger partial charge in [0.1, 0.15) is 11.5 Å². The molecule has 1 amide bonds. The molecule has 0 spiro atoms. The predicted octanol–water partition coefficient (Wildman–Crippen LogP) is 5.34. The topological polar surface area (TPSA) is 98.2 Å². The Morgan fingerprint density at radius 3 is 2.46 bits per heavy atom. The lowest BCUT2D eigenvalue weighted by Crippen LogP contribution is -2.29. The van der Waals surface area contributed by atoms with E-state index >= 15 is 0 Å². The number of nitrogens with zero attached hydrogens (tertiary/aromatic N) is 2. The average Bonchev–Trinajstić information content (AvgIpc) is 3.46. The standard InChI is InChI=1S/C28H24N2O6S/c1-4-36-18-11-12-19-22(15-18)37-28(29-19)30-24(17-10-13-20(34-2)21(14-17)35-3)23(26(32)27(30)33)25(31)16-8-6-5-7-9-16/h5-15,24,31H,4H2,1-3H3/b25-23+. The lowest BCUT2D eigenvalue weighted by molar-refractivity contribution is -0.132. The number of ketones is 1. The molecule has 188 valence electrons. The second-order valence-corrected chi connectivity index (χ2v) is 9.22. The number of thiazole rings is 1. The van der Waals surface area contributed by atoms with Crippen molar-refractivity contribution in [2.45, 2.75) is 13.0 Å². The Morgan fingerprint density at radius 2 is 1.76 bits per heavy atom. The van der Waals surface area contributed by atoms with Crippen LogP contribution in [0.15, 0.2) is 72.3 Å². The minimum Gasteiger partial charge on any atom is -0.507 e. The zero-order valence-corrected chi connectivity index (χ0v) is 21.2. The van der Waals surface area contributed by atoms with Crippen molar-refractivity contribution in [3.63, 3.8) is 0 Å². The number of anilines is 1. The number of benzene rings is 3. The van der Waals surface area contributed by atoms with Crippen molar-refractivity contribution in [1.29, 1.82) is 0 Å². The summed E-state index contributed by atoms with van der Waals surface area (Å²) in [4.78, 5) is 32.9. The third-order valence-corrected chi connectivity index (χ3v) is 7.10. The number of aliphatic hydroxyl groups excluding tert-OH is 1. The molecule has 3 aromatic carbocycles. The minimum absolute atomic E-state index is 0.0299. The summed E-state index contributed by atoms with van der Waals surface area (Å²) in [6, 6.07) is 18.3. The van der Waals surface area contributed by atoms with Crippen molar-refractivity contribution < 1.29 is 28.9 Å². The smallest absolute Gasteiger partial charge is 0.301 e. The van der Waals surface area contributed by atoms with Crippen molar-refractivity contribution in [3.05, 3.63) is 83.4 Å². The molecule has 0 bridgehead atoms. The predicted molar refractivity (Wildman–Crippen MR) is 142 cm³/mol.